The third-order valence-electron chi connectivity index (χ3n) is 11.3. The smallest absolute Gasteiger partial charge is 0.367 e. The molecule has 0 aliphatic carbocycles. The summed E-state index contributed by atoms with van der Waals surface area (Å²) >= 11 is 0. The Kier molecular flexibility index (Phi) is 11.5. The topological polar surface area (TPSA) is 183 Å². The predicted molar refractivity (Wildman–Crippen MR) is 207 cm³/mol. The zero-order valence-electron chi connectivity index (χ0n) is 32.9. The van der Waals surface area contributed by atoms with Crippen molar-refractivity contribution in [3.63, 3.8) is 0 Å². The Morgan fingerprint density at radius 3 is 2.22 bits per heavy atom. The van der Waals surface area contributed by atoms with Crippen LogP contribution in [0.25, 0.3) is 11.3 Å². The fourth-order valence-electron chi connectivity index (χ4n) is 8.14. The number of piperazine rings is 1. The highest BCUT2D eigenvalue weighted by Gasteiger charge is 2.45. The van der Waals surface area contributed by atoms with Crippen molar-refractivity contribution in [2.24, 2.45) is 0 Å². The van der Waals surface area contributed by atoms with Crippen LogP contribution < -0.4 is 15.5 Å². The largest absolute Gasteiger partial charge is 0.419 e. The highest BCUT2D eigenvalue weighted by atomic mass is 32.2. The van der Waals surface area contributed by atoms with Gasteiger partial charge in [0, 0.05) is 76.2 Å². The SMILES string of the molecule is O=C1CCC(N2C(=O)c3cc(F)c(N4CCN(Cc5cccc(S(=O)(=O)N6CCC(Nc7ncc(C(F)(F)F)c(-c8cnn(CC(F)(F)F)c8)n7)CC6)c5)CC4)cc3C2=O)C(=O)N1. The molecule has 0 spiro atoms. The van der Waals surface area contributed by atoms with E-state index in [4.69, 9.17) is 0 Å². The molecule has 3 saturated heterocycles. The van der Waals surface area contributed by atoms with E-state index in [0.29, 0.717) is 49.2 Å². The molecule has 4 amide bonds. The lowest BCUT2D eigenvalue weighted by Gasteiger charge is -2.36. The summed E-state index contributed by atoms with van der Waals surface area (Å²) in [6.07, 6.45) is -7.00. The minimum absolute atomic E-state index is 0.0332. The highest BCUT2D eigenvalue weighted by Crippen LogP contribution is 2.37. The summed E-state index contributed by atoms with van der Waals surface area (Å²) in [5, 5.41) is 8.57. The number of halogens is 7. The Labute approximate surface area is 354 Å². The van der Waals surface area contributed by atoms with Crippen LogP contribution in [0.3, 0.4) is 0 Å². The molecule has 2 aromatic carbocycles. The van der Waals surface area contributed by atoms with Gasteiger partial charge in [0.2, 0.25) is 27.8 Å². The van der Waals surface area contributed by atoms with Gasteiger partial charge in [-0.2, -0.15) is 35.7 Å². The van der Waals surface area contributed by atoms with Crippen molar-refractivity contribution in [2.45, 2.75) is 68.1 Å². The molecular formula is C39H37F7N10O6S. The van der Waals surface area contributed by atoms with Crippen LogP contribution in [-0.4, -0.2) is 123 Å². The van der Waals surface area contributed by atoms with Crippen molar-refractivity contribution >= 4 is 45.3 Å². The third-order valence-corrected chi connectivity index (χ3v) is 13.2. The summed E-state index contributed by atoms with van der Waals surface area (Å²) in [5.41, 5.74) is -1.63. The number of imide groups is 2. The van der Waals surface area contributed by atoms with Crippen molar-refractivity contribution in [2.75, 3.05) is 49.5 Å². The number of piperidine rings is 2. The molecule has 2 N–H and O–H groups in total. The Bertz CT molecular complexity index is 2590. The molecule has 1 unspecified atom stereocenters. The fraction of sp³-hybridized carbons (Fsp3) is 0.410. The molecule has 2 aromatic heterocycles. The van der Waals surface area contributed by atoms with Gasteiger partial charge in [-0.1, -0.05) is 12.1 Å². The molecule has 24 heteroatoms. The van der Waals surface area contributed by atoms with Crippen molar-refractivity contribution in [3.05, 3.63) is 83.1 Å². The number of sulfonamides is 1. The first-order valence-corrected chi connectivity index (χ1v) is 21.1. The third kappa shape index (κ3) is 9.09. The van der Waals surface area contributed by atoms with Gasteiger partial charge in [0.15, 0.2) is 0 Å². The standard InChI is InChI=1S/C39H37F7N10O6S/c40-29-15-26-27(36(60)56(35(26)59)30-4-5-32(57)50-34(30)58)16-31(29)53-12-10-52(11-13-53)19-22-2-1-3-25(14-22)63(61,62)55-8-6-24(7-9-55)49-37-47-18-28(39(44,45)46)33(51-37)23-17-48-54(20-23)21-38(41,42)43/h1-3,14-18,20,24,30H,4-13,19,21H2,(H,47,49,51)(H,50,57,58). The lowest BCUT2D eigenvalue weighted by molar-refractivity contribution is -0.142. The maximum absolute atomic E-state index is 15.5. The second kappa shape index (κ2) is 16.6. The zero-order valence-corrected chi connectivity index (χ0v) is 33.7. The van der Waals surface area contributed by atoms with E-state index in [9.17, 15) is 53.9 Å². The number of nitrogens with one attached hydrogen (secondary N) is 2. The maximum atomic E-state index is 15.5. The van der Waals surface area contributed by atoms with Gasteiger partial charge < -0.3 is 10.2 Å². The predicted octanol–water partition coefficient (Wildman–Crippen LogP) is 4.05. The van der Waals surface area contributed by atoms with E-state index in [-0.39, 0.29) is 72.0 Å². The number of fused-ring (bicyclic) bond motifs is 1. The quantitative estimate of drug-likeness (QED) is 0.172. The van der Waals surface area contributed by atoms with Gasteiger partial charge in [0.05, 0.1) is 33.6 Å². The van der Waals surface area contributed by atoms with Crippen molar-refractivity contribution in [1.29, 1.82) is 0 Å². The zero-order chi connectivity index (χ0) is 45.0. The average Bonchev–Trinajstić information content (AvgIpc) is 3.77. The molecule has 16 nitrogen and oxygen atoms in total. The van der Waals surface area contributed by atoms with Crippen molar-refractivity contribution < 1.29 is 58.3 Å². The minimum atomic E-state index is -4.92. The normalized spacial score (nSPS) is 19.8. The monoisotopic (exact) mass is 906 g/mol. The molecule has 6 heterocycles. The van der Waals surface area contributed by atoms with Crippen LogP contribution in [0.5, 0.6) is 0 Å². The van der Waals surface area contributed by atoms with Crippen molar-refractivity contribution in [3.8, 4) is 11.3 Å². The molecule has 4 aliphatic heterocycles. The van der Waals surface area contributed by atoms with E-state index in [2.05, 4.69) is 25.7 Å². The molecule has 0 saturated carbocycles. The summed E-state index contributed by atoms with van der Waals surface area (Å²) in [6, 6.07) is 7.11. The van der Waals surface area contributed by atoms with E-state index < -0.39 is 81.7 Å². The Balaban J connectivity index is 0.866. The maximum Gasteiger partial charge on any atom is 0.419 e. The van der Waals surface area contributed by atoms with E-state index in [1.807, 2.05) is 4.90 Å². The molecule has 1 atom stereocenters. The molecule has 63 heavy (non-hydrogen) atoms. The Morgan fingerprint density at radius 2 is 1.56 bits per heavy atom. The summed E-state index contributed by atoms with van der Waals surface area (Å²) < 4.78 is 125. The Morgan fingerprint density at radius 1 is 0.857 bits per heavy atom. The number of anilines is 2. The van der Waals surface area contributed by atoms with Gasteiger partial charge in [-0.25, -0.2) is 22.8 Å². The van der Waals surface area contributed by atoms with Crippen LogP contribution in [0.15, 0.2) is 59.9 Å². The van der Waals surface area contributed by atoms with E-state index >= 15 is 4.39 Å². The van der Waals surface area contributed by atoms with E-state index in [0.717, 1.165) is 23.4 Å². The second-order valence-corrected chi connectivity index (χ2v) is 17.5. The lowest BCUT2D eigenvalue weighted by atomic mass is 10.0. The van der Waals surface area contributed by atoms with Crippen LogP contribution in [0, 0.1) is 5.82 Å². The number of rotatable bonds is 10. The molecule has 8 rings (SSSR count). The van der Waals surface area contributed by atoms with Gasteiger partial charge in [-0.05, 0) is 49.1 Å². The molecule has 0 bridgehead atoms. The van der Waals surface area contributed by atoms with Crippen molar-refractivity contribution in [1.82, 2.24) is 39.2 Å². The second-order valence-electron chi connectivity index (χ2n) is 15.5. The molecule has 334 valence electrons. The number of alkyl halides is 6. The van der Waals surface area contributed by atoms with Gasteiger partial charge >= 0.3 is 12.4 Å². The Hall–Kier alpha value is -6.01. The van der Waals surface area contributed by atoms with E-state index in [1.165, 1.54) is 16.4 Å². The van der Waals surface area contributed by atoms with Crippen LogP contribution in [0.4, 0.5) is 42.4 Å². The number of hydrogen-bond acceptors (Lipinski definition) is 12. The molecule has 4 aromatic rings. The van der Waals surface area contributed by atoms with E-state index in [1.54, 1.807) is 23.1 Å². The summed E-state index contributed by atoms with van der Waals surface area (Å²) in [7, 11) is -3.98. The van der Waals surface area contributed by atoms with Crippen LogP contribution >= 0.6 is 0 Å². The van der Waals surface area contributed by atoms with Crippen LogP contribution in [-0.2, 0) is 38.9 Å². The van der Waals surface area contributed by atoms with Crippen LogP contribution in [0.2, 0.25) is 0 Å². The summed E-state index contributed by atoms with van der Waals surface area (Å²) in [6.45, 7) is 0.509. The number of benzene rings is 2. The van der Waals surface area contributed by atoms with Crippen LogP contribution in [0.1, 0.15) is 57.5 Å². The van der Waals surface area contributed by atoms with Gasteiger partial charge in [-0.3, -0.25) is 39.0 Å². The highest BCUT2D eigenvalue weighted by molar-refractivity contribution is 7.89. The fourth-order valence-corrected chi connectivity index (χ4v) is 9.68. The minimum Gasteiger partial charge on any atom is -0.367 e. The number of hydrogen-bond donors (Lipinski definition) is 2. The molecule has 3 fully saturated rings. The summed E-state index contributed by atoms with van der Waals surface area (Å²) in [4.78, 5) is 62.8. The number of carbonyl (C=O) groups excluding carboxylic acids is 4. The number of nitrogens with zero attached hydrogens (tertiary/aromatic N) is 8. The van der Waals surface area contributed by atoms with Gasteiger partial charge in [0.1, 0.15) is 24.0 Å². The lowest BCUT2D eigenvalue weighted by Crippen LogP contribution is -2.54. The molecular weight excluding hydrogens is 870 g/mol. The van der Waals surface area contributed by atoms with Gasteiger partial charge in [-0.15, -0.1) is 0 Å². The first kappa shape index (κ1) is 43.6. The summed E-state index contributed by atoms with van der Waals surface area (Å²) in [5.74, 6) is -3.79. The molecule has 4 aliphatic rings. The number of carbonyl (C=O) groups is 4. The first-order valence-electron chi connectivity index (χ1n) is 19.7. The first-order chi connectivity index (χ1) is 29.7. The average molecular weight is 907 g/mol. The molecule has 0 radical (unpaired) electrons. The number of aromatic nitrogens is 4. The number of amides is 4. The van der Waals surface area contributed by atoms with Gasteiger partial charge in [0.25, 0.3) is 11.8 Å².